The lowest BCUT2D eigenvalue weighted by Crippen LogP contribution is -2.42. The standard InChI is InChI=1S/C20H24N4O4S/c1-29(26,27)23-12-16-15(18-7-8-20(16,13-23)28-18)11-21-19(25)14-5-2-3-6-17(14)24-10-4-9-22-24/h2-6,9-10,15-16,18H,7-8,11-13H2,1H3,(H,21,25)/t15-,16+,18+,20+/m0/s1. The quantitative estimate of drug-likeness (QED) is 0.786. The molecule has 8 nitrogen and oxygen atoms in total. The first-order valence-corrected chi connectivity index (χ1v) is 11.7. The Morgan fingerprint density at radius 2 is 2.17 bits per heavy atom. The van der Waals surface area contributed by atoms with E-state index in [-0.39, 0.29) is 29.4 Å². The fraction of sp³-hybridized carbons (Fsp3) is 0.500. The zero-order valence-corrected chi connectivity index (χ0v) is 17.0. The maximum absolute atomic E-state index is 12.9. The number of carbonyl (C=O) groups is 1. The van der Waals surface area contributed by atoms with E-state index in [1.54, 1.807) is 23.1 Å². The molecule has 0 saturated carbocycles. The Hall–Kier alpha value is -2.23. The SMILES string of the molecule is CS(=O)(=O)N1C[C@@H]2[C@H](CNC(=O)c3ccccc3-n3cccn3)[C@H]3CC[C@]2(C1)O3. The molecule has 1 N–H and O–H groups in total. The molecule has 1 aromatic heterocycles. The average molecular weight is 417 g/mol. The summed E-state index contributed by atoms with van der Waals surface area (Å²) in [6.07, 6.45) is 6.62. The Morgan fingerprint density at radius 1 is 1.34 bits per heavy atom. The van der Waals surface area contributed by atoms with Gasteiger partial charge in [-0.25, -0.2) is 13.1 Å². The topological polar surface area (TPSA) is 93.5 Å². The number of para-hydroxylation sites is 1. The van der Waals surface area contributed by atoms with Gasteiger partial charge in [-0.15, -0.1) is 0 Å². The number of hydrogen-bond donors (Lipinski definition) is 1. The molecule has 3 fully saturated rings. The van der Waals surface area contributed by atoms with E-state index in [1.807, 2.05) is 24.3 Å². The maximum Gasteiger partial charge on any atom is 0.253 e. The Morgan fingerprint density at radius 3 is 2.93 bits per heavy atom. The first-order valence-electron chi connectivity index (χ1n) is 9.88. The molecule has 3 aliphatic rings. The highest BCUT2D eigenvalue weighted by atomic mass is 32.2. The average Bonchev–Trinajstić information content (AvgIpc) is 3.46. The Balaban J connectivity index is 1.32. The molecule has 0 unspecified atom stereocenters. The molecule has 154 valence electrons. The van der Waals surface area contributed by atoms with Gasteiger partial charge in [0.2, 0.25) is 10.0 Å². The van der Waals surface area contributed by atoms with Crippen LogP contribution >= 0.6 is 0 Å². The second-order valence-electron chi connectivity index (χ2n) is 8.26. The smallest absolute Gasteiger partial charge is 0.253 e. The zero-order valence-electron chi connectivity index (χ0n) is 16.2. The third-order valence-corrected chi connectivity index (χ3v) is 7.84. The largest absolute Gasteiger partial charge is 0.370 e. The van der Waals surface area contributed by atoms with Gasteiger partial charge in [0.05, 0.1) is 29.2 Å². The van der Waals surface area contributed by atoms with Crippen LogP contribution in [0.2, 0.25) is 0 Å². The van der Waals surface area contributed by atoms with Crippen LogP contribution in [0.1, 0.15) is 23.2 Å². The number of sulfonamides is 1. The van der Waals surface area contributed by atoms with Crippen molar-refractivity contribution in [3.63, 3.8) is 0 Å². The lowest BCUT2D eigenvalue weighted by molar-refractivity contribution is 0.00801. The fourth-order valence-corrected chi connectivity index (χ4v) is 6.14. The monoisotopic (exact) mass is 416 g/mol. The summed E-state index contributed by atoms with van der Waals surface area (Å²) < 4.78 is 33.5. The summed E-state index contributed by atoms with van der Waals surface area (Å²) in [5.41, 5.74) is 0.898. The molecule has 0 aliphatic carbocycles. The normalized spacial score (nSPS) is 31.1. The summed E-state index contributed by atoms with van der Waals surface area (Å²) in [4.78, 5) is 12.9. The number of nitrogens with one attached hydrogen (secondary N) is 1. The van der Waals surface area contributed by atoms with Crippen molar-refractivity contribution in [2.75, 3.05) is 25.9 Å². The Kier molecular flexibility index (Phi) is 4.30. The minimum atomic E-state index is -3.25. The summed E-state index contributed by atoms with van der Waals surface area (Å²) in [7, 11) is -3.25. The van der Waals surface area contributed by atoms with Crippen molar-refractivity contribution in [2.45, 2.75) is 24.5 Å². The minimum Gasteiger partial charge on any atom is -0.370 e. The number of hydrogen-bond acceptors (Lipinski definition) is 5. The van der Waals surface area contributed by atoms with Crippen LogP contribution in [0.25, 0.3) is 5.69 Å². The first-order chi connectivity index (χ1) is 13.9. The van der Waals surface area contributed by atoms with Gasteiger partial charge in [0.15, 0.2) is 0 Å². The summed E-state index contributed by atoms with van der Waals surface area (Å²) in [5.74, 6) is 0.0832. The Labute approximate surface area is 169 Å². The van der Waals surface area contributed by atoms with Crippen molar-refractivity contribution in [1.82, 2.24) is 19.4 Å². The number of fused-ring (bicyclic) bond motifs is 1. The van der Waals surface area contributed by atoms with Crippen LogP contribution in [0.15, 0.2) is 42.7 Å². The van der Waals surface area contributed by atoms with E-state index >= 15 is 0 Å². The van der Waals surface area contributed by atoms with Crippen molar-refractivity contribution < 1.29 is 17.9 Å². The second-order valence-corrected chi connectivity index (χ2v) is 10.2. The van der Waals surface area contributed by atoms with E-state index in [0.29, 0.717) is 25.2 Å². The molecule has 9 heteroatoms. The number of amides is 1. The van der Waals surface area contributed by atoms with Crippen molar-refractivity contribution >= 4 is 15.9 Å². The minimum absolute atomic E-state index is 0.0865. The van der Waals surface area contributed by atoms with Crippen LogP contribution < -0.4 is 5.32 Å². The van der Waals surface area contributed by atoms with E-state index in [1.165, 1.54) is 10.6 Å². The number of aromatic nitrogens is 2. The highest BCUT2D eigenvalue weighted by Gasteiger charge is 2.63. The van der Waals surface area contributed by atoms with E-state index in [4.69, 9.17) is 4.74 Å². The van der Waals surface area contributed by atoms with E-state index < -0.39 is 10.0 Å². The maximum atomic E-state index is 12.9. The van der Waals surface area contributed by atoms with Gasteiger partial charge < -0.3 is 10.1 Å². The van der Waals surface area contributed by atoms with Gasteiger partial charge in [-0.2, -0.15) is 9.40 Å². The molecule has 4 heterocycles. The van der Waals surface area contributed by atoms with E-state index in [0.717, 1.165) is 18.5 Å². The highest BCUT2D eigenvalue weighted by molar-refractivity contribution is 7.88. The lowest BCUT2D eigenvalue weighted by Gasteiger charge is -2.29. The van der Waals surface area contributed by atoms with Gasteiger partial charge in [-0.3, -0.25) is 4.79 Å². The van der Waals surface area contributed by atoms with Crippen LogP contribution in [0.3, 0.4) is 0 Å². The first kappa shape index (κ1) is 18.8. The number of carbonyl (C=O) groups excluding carboxylic acids is 1. The van der Waals surface area contributed by atoms with Crippen molar-refractivity contribution in [2.24, 2.45) is 11.8 Å². The molecule has 2 bridgehead atoms. The third kappa shape index (κ3) is 3.08. The van der Waals surface area contributed by atoms with Crippen LogP contribution in [-0.4, -0.2) is 66.0 Å². The molecule has 29 heavy (non-hydrogen) atoms. The van der Waals surface area contributed by atoms with E-state index in [2.05, 4.69) is 10.4 Å². The molecular weight excluding hydrogens is 392 g/mol. The summed E-state index contributed by atoms with van der Waals surface area (Å²) in [6, 6.07) is 9.16. The molecule has 3 saturated heterocycles. The van der Waals surface area contributed by atoms with E-state index in [9.17, 15) is 13.2 Å². The molecule has 0 radical (unpaired) electrons. The molecule has 1 amide bonds. The van der Waals surface area contributed by atoms with Crippen LogP contribution in [0, 0.1) is 11.8 Å². The number of nitrogens with zero attached hydrogens (tertiary/aromatic N) is 3. The Bertz CT molecular complexity index is 1040. The van der Waals surface area contributed by atoms with Gasteiger partial charge in [0, 0.05) is 43.9 Å². The van der Waals surface area contributed by atoms with Crippen LogP contribution in [0.4, 0.5) is 0 Å². The van der Waals surface area contributed by atoms with Gasteiger partial charge in [-0.1, -0.05) is 12.1 Å². The van der Waals surface area contributed by atoms with Gasteiger partial charge in [0.1, 0.15) is 0 Å². The lowest BCUT2D eigenvalue weighted by atomic mass is 9.73. The molecule has 1 spiro atoms. The third-order valence-electron chi connectivity index (χ3n) is 6.62. The number of ether oxygens (including phenoxy) is 1. The van der Waals surface area contributed by atoms with Crippen molar-refractivity contribution in [3.05, 3.63) is 48.3 Å². The van der Waals surface area contributed by atoms with Crippen LogP contribution in [-0.2, 0) is 14.8 Å². The molecule has 3 aliphatic heterocycles. The van der Waals surface area contributed by atoms with Gasteiger partial charge in [0.25, 0.3) is 5.91 Å². The predicted molar refractivity (Wildman–Crippen MR) is 106 cm³/mol. The highest BCUT2D eigenvalue weighted by Crippen LogP contribution is 2.55. The van der Waals surface area contributed by atoms with Crippen molar-refractivity contribution in [1.29, 1.82) is 0 Å². The molecule has 1 aromatic carbocycles. The molecule has 5 rings (SSSR count). The summed E-state index contributed by atoms with van der Waals surface area (Å²) in [5, 5.41) is 7.29. The van der Waals surface area contributed by atoms with Crippen LogP contribution in [0.5, 0.6) is 0 Å². The number of rotatable bonds is 5. The van der Waals surface area contributed by atoms with Gasteiger partial charge in [-0.05, 0) is 31.0 Å². The molecule has 2 aromatic rings. The summed E-state index contributed by atoms with van der Waals surface area (Å²) >= 11 is 0. The summed E-state index contributed by atoms with van der Waals surface area (Å²) in [6.45, 7) is 1.38. The fourth-order valence-electron chi connectivity index (χ4n) is 5.26. The van der Waals surface area contributed by atoms with Crippen molar-refractivity contribution in [3.8, 4) is 5.69 Å². The van der Waals surface area contributed by atoms with Gasteiger partial charge >= 0.3 is 0 Å². The second kappa shape index (κ2) is 6.65. The molecule has 4 atom stereocenters. The predicted octanol–water partition coefficient (Wildman–Crippen LogP) is 1.04. The number of benzene rings is 1. The molecular formula is C20H24N4O4S. The zero-order chi connectivity index (χ0) is 20.2.